The lowest BCUT2D eigenvalue weighted by Crippen LogP contribution is -2.37. The van der Waals surface area contributed by atoms with E-state index in [0.717, 1.165) is 6.54 Å². The number of hydrogen-bond donors (Lipinski definition) is 2. The van der Waals surface area contributed by atoms with E-state index in [0.29, 0.717) is 18.1 Å². The molecule has 17 heavy (non-hydrogen) atoms. The predicted octanol–water partition coefficient (Wildman–Crippen LogP) is 0.484. The van der Waals surface area contributed by atoms with Gasteiger partial charge in [-0.2, -0.15) is 0 Å². The average Bonchev–Trinajstić information content (AvgIpc) is 2.96. The first-order chi connectivity index (χ1) is 8.25. The Morgan fingerprint density at radius 2 is 2.35 bits per heavy atom. The first-order valence-electron chi connectivity index (χ1n) is 5.23. The first kappa shape index (κ1) is 9.95. The van der Waals surface area contributed by atoms with Crippen molar-refractivity contribution in [2.75, 3.05) is 13.1 Å². The van der Waals surface area contributed by atoms with Crippen LogP contribution in [-0.2, 0) is 0 Å². The van der Waals surface area contributed by atoms with Gasteiger partial charge in [0, 0.05) is 6.54 Å². The number of amidine groups is 1. The zero-order valence-corrected chi connectivity index (χ0v) is 8.84. The number of hydrogen-bond acceptors (Lipinski definition) is 5. The maximum Gasteiger partial charge on any atom is 0.339 e. The summed E-state index contributed by atoms with van der Waals surface area (Å²) in [5.41, 5.74) is 0.101. The Morgan fingerprint density at radius 3 is 3.06 bits per heavy atom. The van der Waals surface area contributed by atoms with Gasteiger partial charge in [-0.15, -0.1) is 0 Å². The molecule has 6 nitrogen and oxygen atoms in total. The van der Waals surface area contributed by atoms with Gasteiger partial charge in [-0.1, -0.05) is 6.07 Å². The van der Waals surface area contributed by atoms with E-state index in [1.54, 1.807) is 12.1 Å². The maximum absolute atomic E-state index is 11.0. The van der Waals surface area contributed by atoms with E-state index in [4.69, 9.17) is 14.6 Å². The van der Waals surface area contributed by atoms with E-state index >= 15 is 0 Å². The number of benzene rings is 1. The Kier molecular flexibility index (Phi) is 2.14. The summed E-state index contributed by atoms with van der Waals surface area (Å²) >= 11 is 0. The van der Waals surface area contributed by atoms with Gasteiger partial charge in [0.15, 0.2) is 17.3 Å². The van der Waals surface area contributed by atoms with Crippen LogP contribution in [0.25, 0.3) is 0 Å². The van der Waals surface area contributed by atoms with Gasteiger partial charge in [0.25, 0.3) is 6.29 Å². The lowest BCUT2D eigenvalue weighted by atomic mass is 10.2. The molecule has 1 aromatic rings. The van der Waals surface area contributed by atoms with Crippen molar-refractivity contribution in [2.45, 2.75) is 6.29 Å². The summed E-state index contributed by atoms with van der Waals surface area (Å²) in [7, 11) is 0. The molecule has 0 aliphatic carbocycles. The van der Waals surface area contributed by atoms with Gasteiger partial charge >= 0.3 is 5.97 Å². The molecule has 2 aliphatic heterocycles. The molecule has 3 rings (SSSR count). The highest BCUT2D eigenvalue weighted by molar-refractivity contribution is 5.93. The van der Waals surface area contributed by atoms with E-state index in [9.17, 15) is 4.79 Å². The van der Waals surface area contributed by atoms with Crippen LogP contribution >= 0.6 is 0 Å². The van der Waals surface area contributed by atoms with Gasteiger partial charge in [-0.3, -0.25) is 4.99 Å². The van der Waals surface area contributed by atoms with Crippen LogP contribution in [0.4, 0.5) is 0 Å². The van der Waals surface area contributed by atoms with E-state index in [2.05, 4.69) is 10.3 Å². The van der Waals surface area contributed by atoms with Crippen molar-refractivity contribution in [3.8, 4) is 11.5 Å². The van der Waals surface area contributed by atoms with Gasteiger partial charge in [0.05, 0.1) is 6.54 Å². The van der Waals surface area contributed by atoms with Gasteiger partial charge in [0.2, 0.25) is 0 Å². The van der Waals surface area contributed by atoms with Gasteiger partial charge < -0.3 is 19.9 Å². The molecule has 0 radical (unpaired) electrons. The standard InChI is InChI=1S/C11H10N2O4/c14-10(15)6-2-1-3-7-8(6)17-11(16-7)9-12-4-5-13-9/h1-3,11H,4-5H2,(H,12,13)(H,14,15). The lowest BCUT2D eigenvalue weighted by Gasteiger charge is -2.10. The van der Waals surface area contributed by atoms with Crippen molar-refractivity contribution in [3.05, 3.63) is 23.8 Å². The fourth-order valence-electron chi connectivity index (χ4n) is 1.83. The van der Waals surface area contributed by atoms with Gasteiger partial charge in [0.1, 0.15) is 5.56 Å². The lowest BCUT2D eigenvalue weighted by molar-refractivity contribution is 0.0687. The van der Waals surface area contributed by atoms with Crippen LogP contribution in [-0.4, -0.2) is 36.3 Å². The molecule has 1 unspecified atom stereocenters. The first-order valence-corrected chi connectivity index (χ1v) is 5.23. The molecule has 2 aliphatic rings. The van der Waals surface area contributed by atoms with E-state index in [1.165, 1.54) is 6.07 Å². The number of aliphatic imine (C=N–C) groups is 1. The van der Waals surface area contributed by atoms with E-state index in [1.807, 2.05) is 0 Å². The van der Waals surface area contributed by atoms with Crippen molar-refractivity contribution in [1.29, 1.82) is 0 Å². The highest BCUT2D eigenvalue weighted by Crippen LogP contribution is 2.38. The van der Waals surface area contributed by atoms with Crippen LogP contribution in [0.3, 0.4) is 0 Å². The fourth-order valence-corrected chi connectivity index (χ4v) is 1.83. The summed E-state index contributed by atoms with van der Waals surface area (Å²) in [6.07, 6.45) is -0.659. The minimum atomic E-state index is -1.03. The Balaban J connectivity index is 1.92. The minimum absolute atomic E-state index is 0.101. The third kappa shape index (κ3) is 1.57. The third-order valence-electron chi connectivity index (χ3n) is 2.59. The summed E-state index contributed by atoms with van der Waals surface area (Å²) in [5.74, 6) is 0.276. The largest absolute Gasteiger partial charge is 0.478 e. The second-order valence-electron chi connectivity index (χ2n) is 3.70. The van der Waals surface area contributed by atoms with Crippen LogP contribution in [0.5, 0.6) is 11.5 Å². The normalized spacial score (nSPS) is 20.9. The van der Waals surface area contributed by atoms with Crippen LogP contribution in [0.2, 0.25) is 0 Å². The number of carbonyl (C=O) groups is 1. The Labute approximate surface area is 96.9 Å². The van der Waals surface area contributed by atoms with Crippen molar-refractivity contribution in [2.24, 2.45) is 4.99 Å². The van der Waals surface area contributed by atoms with E-state index in [-0.39, 0.29) is 11.3 Å². The van der Waals surface area contributed by atoms with Gasteiger partial charge in [-0.25, -0.2) is 4.79 Å². The molecule has 0 amide bonds. The molecule has 2 heterocycles. The molecule has 88 valence electrons. The number of aromatic carboxylic acids is 1. The van der Waals surface area contributed by atoms with Crippen LogP contribution in [0.15, 0.2) is 23.2 Å². The Morgan fingerprint density at radius 1 is 1.47 bits per heavy atom. The maximum atomic E-state index is 11.0. The molecule has 2 N–H and O–H groups in total. The van der Waals surface area contributed by atoms with Gasteiger partial charge in [-0.05, 0) is 12.1 Å². The molecular weight excluding hydrogens is 224 g/mol. The molecule has 1 aromatic carbocycles. The van der Waals surface area contributed by atoms with Crippen molar-refractivity contribution < 1.29 is 19.4 Å². The number of rotatable bonds is 2. The monoisotopic (exact) mass is 234 g/mol. The number of ether oxygens (including phenoxy) is 2. The van der Waals surface area contributed by atoms with Crippen LogP contribution in [0.1, 0.15) is 10.4 Å². The highest BCUT2D eigenvalue weighted by atomic mass is 16.7. The predicted molar refractivity (Wildman–Crippen MR) is 58.8 cm³/mol. The number of fused-ring (bicyclic) bond motifs is 1. The summed E-state index contributed by atoms with van der Waals surface area (Å²) in [6.45, 7) is 1.43. The molecule has 0 aromatic heterocycles. The van der Waals surface area contributed by atoms with Crippen molar-refractivity contribution in [1.82, 2.24) is 5.32 Å². The summed E-state index contributed by atoms with van der Waals surface area (Å²) < 4.78 is 11.0. The number of carboxylic acid groups (broad SMARTS) is 1. The quantitative estimate of drug-likeness (QED) is 0.778. The van der Waals surface area contributed by atoms with E-state index < -0.39 is 12.3 Å². The minimum Gasteiger partial charge on any atom is -0.478 e. The van der Waals surface area contributed by atoms with Crippen molar-refractivity contribution in [3.63, 3.8) is 0 Å². The smallest absolute Gasteiger partial charge is 0.339 e. The Hall–Kier alpha value is -2.24. The summed E-state index contributed by atoms with van der Waals surface area (Å²) in [4.78, 5) is 15.2. The number of nitrogens with one attached hydrogen (secondary N) is 1. The molecular formula is C11H10N2O4. The summed E-state index contributed by atoms with van der Waals surface area (Å²) in [5, 5.41) is 12.1. The zero-order chi connectivity index (χ0) is 11.8. The van der Waals surface area contributed by atoms with Crippen LogP contribution < -0.4 is 14.8 Å². The summed E-state index contributed by atoms with van der Waals surface area (Å²) in [6, 6.07) is 4.78. The molecule has 0 spiro atoms. The average molecular weight is 234 g/mol. The topological polar surface area (TPSA) is 80.2 Å². The Bertz CT molecular complexity index is 512. The second kappa shape index (κ2) is 3.65. The number of para-hydroxylation sites is 1. The second-order valence-corrected chi connectivity index (χ2v) is 3.70. The van der Waals surface area contributed by atoms with Crippen LogP contribution in [0, 0.1) is 0 Å². The highest BCUT2D eigenvalue weighted by Gasteiger charge is 2.33. The zero-order valence-electron chi connectivity index (χ0n) is 8.84. The molecule has 1 atom stereocenters. The molecule has 6 heteroatoms. The number of nitrogens with zero attached hydrogens (tertiary/aromatic N) is 1. The van der Waals surface area contributed by atoms with Crippen molar-refractivity contribution >= 4 is 11.8 Å². The number of carboxylic acids is 1. The molecule has 0 saturated heterocycles. The molecule has 0 bridgehead atoms. The molecule has 0 fully saturated rings. The fraction of sp³-hybridized carbons (Fsp3) is 0.273. The molecule has 0 saturated carbocycles. The third-order valence-corrected chi connectivity index (χ3v) is 2.59. The SMILES string of the molecule is O=C(O)c1cccc2c1OC(C1=NCCN1)O2.